The Morgan fingerprint density at radius 3 is 2.65 bits per heavy atom. The van der Waals surface area contributed by atoms with Crippen LogP contribution in [0.25, 0.3) is 0 Å². The zero-order chi connectivity index (χ0) is 12.7. The van der Waals surface area contributed by atoms with Gasteiger partial charge in [0.25, 0.3) is 0 Å². The molecule has 0 saturated carbocycles. The Kier molecular flexibility index (Phi) is 6.52. The third kappa shape index (κ3) is 4.64. The van der Waals surface area contributed by atoms with Gasteiger partial charge >= 0.3 is 0 Å². The Bertz CT molecular complexity index is 223. The molecule has 1 aliphatic rings. The quantitative estimate of drug-likeness (QED) is 0.764. The number of rotatable bonds is 6. The van der Waals surface area contributed by atoms with Crippen LogP contribution in [0.15, 0.2) is 0 Å². The van der Waals surface area contributed by atoms with Crippen molar-refractivity contribution >= 4 is 5.91 Å². The summed E-state index contributed by atoms with van der Waals surface area (Å²) in [5, 5.41) is 9.10. The van der Waals surface area contributed by atoms with Gasteiger partial charge in [-0.15, -0.1) is 0 Å². The van der Waals surface area contributed by atoms with Crippen molar-refractivity contribution in [3.8, 4) is 0 Å². The molecule has 1 aliphatic heterocycles. The third-order valence-corrected chi connectivity index (χ3v) is 3.65. The van der Waals surface area contributed by atoms with E-state index in [9.17, 15) is 4.79 Å². The van der Waals surface area contributed by atoms with E-state index >= 15 is 0 Å². The van der Waals surface area contributed by atoms with Gasteiger partial charge in [0.15, 0.2) is 0 Å². The van der Waals surface area contributed by atoms with Gasteiger partial charge < -0.3 is 14.7 Å². The van der Waals surface area contributed by atoms with Gasteiger partial charge in [-0.3, -0.25) is 4.79 Å². The van der Waals surface area contributed by atoms with Crippen LogP contribution in [0.3, 0.4) is 0 Å². The summed E-state index contributed by atoms with van der Waals surface area (Å²) >= 11 is 0. The standard InChI is InChI=1S/C13H25NO3/c1-3-12(10-15)13(16)14(2)7-4-11-5-8-17-9-6-11/h11-12,15H,3-10H2,1-2H3. The molecule has 4 heteroatoms. The molecule has 0 aromatic carbocycles. The minimum atomic E-state index is -0.227. The van der Waals surface area contributed by atoms with Gasteiger partial charge in [-0.2, -0.15) is 0 Å². The first-order chi connectivity index (χ1) is 8.19. The third-order valence-electron chi connectivity index (χ3n) is 3.65. The molecular weight excluding hydrogens is 218 g/mol. The summed E-state index contributed by atoms with van der Waals surface area (Å²) in [6.07, 6.45) is 3.98. The summed E-state index contributed by atoms with van der Waals surface area (Å²) in [7, 11) is 1.83. The Hall–Kier alpha value is -0.610. The lowest BCUT2D eigenvalue weighted by molar-refractivity contribution is -0.135. The van der Waals surface area contributed by atoms with Crippen molar-refractivity contribution in [3.05, 3.63) is 0 Å². The van der Waals surface area contributed by atoms with Gasteiger partial charge in [0.2, 0.25) is 5.91 Å². The van der Waals surface area contributed by atoms with Crippen LogP contribution in [-0.4, -0.2) is 49.3 Å². The largest absolute Gasteiger partial charge is 0.396 e. The fraction of sp³-hybridized carbons (Fsp3) is 0.923. The number of amides is 1. The van der Waals surface area contributed by atoms with E-state index in [1.807, 2.05) is 14.0 Å². The van der Waals surface area contributed by atoms with Gasteiger partial charge in [0, 0.05) is 26.8 Å². The number of ether oxygens (including phenoxy) is 1. The van der Waals surface area contributed by atoms with Crippen LogP contribution in [0.2, 0.25) is 0 Å². The van der Waals surface area contributed by atoms with Crippen LogP contribution >= 0.6 is 0 Å². The van der Waals surface area contributed by atoms with Gasteiger partial charge in [-0.05, 0) is 31.6 Å². The number of carbonyl (C=O) groups is 1. The molecule has 1 atom stereocenters. The molecule has 1 amide bonds. The van der Waals surface area contributed by atoms with E-state index in [0.717, 1.165) is 39.0 Å². The molecule has 0 radical (unpaired) electrons. The molecule has 0 aromatic heterocycles. The minimum absolute atomic E-state index is 0.0447. The van der Waals surface area contributed by atoms with E-state index in [2.05, 4.69) is 0 Å². The number of nitrogens with zero attached hydrogens (tertiary/aromatic N) is 1. The Morgan fingerprint density at radius 1 is 1.47 bits per heavy atom. The zero-order valence-corrected chi connectivity index (χ0v) is 11.0. The maximum atomic E-state index is 11.9. The van der Waals surface area contributed by atoms with Gasteiger partial charge in [-0.25, -0.2) is 0 Å². The van der Waals surface area contributed by atoms with E-state index in [0.29, 0.717) is 12.3 Å². The molecule has 0 bridgehead atoms. The summed E-state index contributed by atoms with van der Waals surface area (Å²) < 4.78 is 5.31. The molecule has 1 heterocycles. The molecule has 0 aliphatic carbocycles. The Balaban J connectivity index is 2.27. The maximum absolute atomic E-state index is 11.9. The van der Waals surface area contributed by atoms with Crippen LogP contribution in [0.5, 0.6) is 0 Å². The second kappa shape index (κ2) is 7.67. The van der Waals surface area contributed by atoms with E-state index in [-0.39, 0.29) is 18.4 Å². The lowest BCUT2D eigenvalue weighted by atomic mass is 9.96. The first-order valence-electron chi connectivity index (χ1n) is 6.62. The molecule has 1 N–H and O–H groups in total. The molecule has 1 fully saturated rings. The molecule has 0 spiro atoms. The van der Waals surface area contributed by atoms with Crippen molar-refractivity contribution in [1.29, 1.82) is 0 Å². The van der Waals surface area contributed by atoms with E-state index in [1.54, 1.807) is 4.90 Å². The van der Waals surface area contributed by atoms with Crippen molar-refractivity contribution in [1.82, 2.24) is 4.90 Å². The zero-order valence-electron chi connectivity index (χ0n) is 11.0. The van der Waals surface area contributed by atoms with Gasteiger partial charge in [-0.1, -0.05) is 6.92 Å². The topological polar surface area (TPSA) is 49.8 Å². The van der Waals surface area contributed by atoms with Crippen LogP contribution < -0.4 is 0 Å². The van der Waals surface area contributed by atoms with E-state index < -0.39 is 0 Å². The van der Waals surface area contributed by atoms with E-state index in [1.165, 1.54) is 0 Å². The van der Waals surface area contributed by atoms with Crippen LogP contribution in [0.4, 0.5) is 0 Å². The van der Waals surface area contributed by atoms with Crippen molar-refractivity contribution in [2.45, 2.75) is 32.6 Å². The van der Waals surface area contributed by atoms with Crippen molar-refractivity contribution in [2.75, 3.05) is 33.4 Å². The number of aliphatic hydroxyl groups excluding tert-OH is 1. The average molecular weight is 243 g/mol. The first kappa shape index (κ1) is 14.5. The lowest BCUT2D eigenvalue weighted by Crippen LogP contribution is -2.36. The summed E-state index contributed by atoms with van der Waals surface area (Å²) in [6, 6.07) is 0. The van der Waals surface area contributed by atoms with E-state index in [4.69, 9.17) is 9.84 Å². The molecule has 1 unspecified atom stereocenters. The molecular formula is C13H25NO3. The highest BCUT2D eigenvalue weighted by Crippen LogP contribution is 2.19. The number of carbonyl (C=O) groups excluding carboxylic acids is 1. The monoisotopic (exact) mass is 243 g/mol. The fourth-order valence-corrected chi connectivity index (χ4v) is 2.21. The highest BCUT2D eigenvalue weighted by atomic mass is 16.5. The molecule has 100 valence electrons. The van der Waals surface area contributed by atoms with Crippen molar-refractivity contribution in [2.24, 2.45) is 11.8 Å². The molecule has 1 saturated heterocycles. The molecule has 0 aromatic rings. The molecule has 4 nitrogen and oxygen atoms in total. The molecule has 17 heavy (non-hydrogen) atoms. The van der Waals surface area contributed by atoms with Crippen molar-refractivity contribution < 1.29 is 14.6 Å². The van der Waals surface area contributed by atoms with Crippen LogP contribution in [0, 0.1) is 11.8 Å². The first-order valence-corrected chi connectivity index (χ1v) is 6.62. The second-order valence-electron chi connectivity index (χ2n) is 4.89. The number of aliphatic hydroxyl groups is 1. The normalized spacial score (nSPS) is 19.0. The predicted molar refractivity (Wildman–Crippen MR) is 66.7 cm³/mol. The average Bonchev–Trinajstić information content (AvgIpc) is 2.38. The second-order valence-corrected chi connectivity index (χ2v) is 4.89. The number of hydrogen-bond donors (Lipinski definition) is 1. The SMILES string of the molecule is CCC(CO)C(=O)N(C)CCC1CCOCC1. The van der Waals surface area contributed by atoms with Gasteiger partial charge in [0.1, 0.15) is 0 Å². The summed E-state index contributed by atoms with van der Waals surface area (Å²) in [4.78, 5) is 13.7. The summed E-state index contributed by atoms with van der Waals surface area (Å²) in [6.45, 7) is 4.40. The van der Waals surface area contributed by atoms with Gasteiger partial charge in [0.05, 0.1) is 12.5 Å². The fourth-order valence-electron chi connectivity index (χ4n) is 2.21. The highest BCUT2D eigenvalue weighted by molar-refractivity contribution is 5.78. The smallest absolute Gasteiger partial charge is 0.227 e. The maximum Gasteiger partial charge on any atom is 0.227 e. The van der Waals surface area contributed by atoms with Crippen LogP contribution in [0.1, 0.15) is 32.6 Å². The predicted octanol–water partition coefficient (Wildman–Crippen LogP) is 1.28. The summed E-state index contributed by atoms with van der Waals surface area (Å²) in [5.41, 5.74) is 0. The van der Waals surface area contributed by atoms with Crippen molar-refractivity contribution in [3.63, 3.8) is 0 Å². The highest BCUT2D eigenvalue weighted by Gasteiger charge is 2.21. The van der Waals surface area contributed by atoms with Crippen LogP contribution in [-0.2, 0) is 9.53 Å². The Morgan fingerprint density at radius 2 is 2.12 bits per heavy atom. The summed E-state index contributed by atoms with van der Waals surface area (Å²) in [5.74, 6) is 0.532. The number of hydrogen-bond acceptors (Lipinski definition) is 3. The minimum Gasteiger partial charge on any atom is -0.396 e. The Labute approximate surface area is 104 Å². The lowest BCUT2D eigenvalue weighted by Gasteiger charge is -2.26. The molecule has 1 rings (SSSR count).